The summed E-state index contributed by atoms with van der Waals surface area (Å²) in [6.45, 7) is 0. The van der Waals surface area contributed by atoms with Crippen LogP contribution in [0, 0.1) is 11.7 Å². The first-order chi connectivity index (χ1) is 7.20. The number of methoxy groups -OCH3 is 1. The average Bonchev–Trinajstić information content (AvgIpc) is 2.14. The molecule has 3 heteroatoms. The van der Waals surface area contributed by atoms with E-state index in [4.69, 9.17) is 4.74 Å². The lowest BCUT2D eigenvalue weighted by Crippen LogP contribution is -2.22. The number of carbonyl (C=O) groups is 1. The van der Waals surface area contributed by atoms with Gasteiger partial charge in [-0.05, 0) is 25.0 Å². The highest BCUT2D eigenvalue weighted by molar-refractivity contribution is 5.98. The molecule has 1 fully saturated rings. The zero-order chi connectivity index (χ0) is 10.8. The Morgan fingerprint density at radius 1 is 1.40 bits per heavy atom. The number of Topliss-reactive ketones (excluding diaryl/α,β-unsaturated/α-hetero) is 1. The maximum atomic E-state index is 13.1. The van der Waals surface area contributed by atoms with Gasteiger partial charge in [0, 0.05) is 17.5 Å². The summed E-state index contributed by atoms with van der Waals surface area (Å²) in [5.41, 5.74) is 0.427. The molecule has 1 aliphatic carbocycles. The summed E-state index contributed by atoms with van der Waals surface area (Å²) in [6.07, 6.45) is 2.96. The molecule has 1 aliphatic rings. The summed E-state index contributed by atoms with van der Waals surface area (Å²) in [7, 11) is 1.46. The molecule has 0 aromatic heterocycles. The summed E-state index contributed by atoms with van der Waals surface area (Å²) >= 11 is 0. The van der Waals surface area contributed by atoms with Crippen LogP contribution in [0.2, 0.25) is 0 Å². The molecular formula is C12H13FO2. The fourth-order valence-electron chi connectivity index (χ4n) is 1.73. The van der Waals surface area contributed by atoms with Crippen LogP contribution >= 0.6 is 0 Å². The second-order valence-electron chi connectivity index (χ2n) is 3.87. The number of rotatable bonds is 3. The second-order valence-corrected chi connectivity index (χ2v) is 3.87. The minimum atomic E-state index is -0.419. The molecule has 0 heterocycles. The van der Waals surface area contributed by atoms with Crippen molar-refractivity contribution in [2.24, 2.45) is 5.92 Å². The van der Waals surface area contributed by atoms with Gasteiger partial charge in [0.25, 0.3) is 0 Å². The average molecular weight is 208 g/mol. The highest BCUT2D eigenvalue weighted by atomic mass is 19.1. The smallest absolute Gasteiger partial charge is 0.166 e. The van der Waals surface area contributed by atoms with Crippen molar-refractivity contribution in [3.63, 3.8) is 0 Å². The first-order valence-electron chi connectivity index (χ1n) is 5.09. The molecule has 0 saturated heterocycles. The van der Waals surface area contributed by atoms with Gasteiger partial charge in [0.15, 0.2) is 5.78 Å². The molecular weight excluding hydrogens is 195 g/mol. The molecule has 2 rings (SSSR count). The molecule has 0 unspecified atom stereocenters. The van der Waals surface area contributed by atoms with Crippen LogP contribution in [0.1, 0.15) is 29.6 Å². The molecule has 0 N–H and O–H groups in total. The number of benzene rings is 1. The lowest BCUT2D eigenvalue weighted by molar-refractivity contribution is 0.0854. The number of hydrogen-bond acceptors (Lipinski definition) is 2. The van der Waals surface area contributed by atoms with E-state index in [0.717, 1.165) is 19.3 Å². The fraction of sp³-hybridized carbons (Fsp3) is 0.417. The Labute approximate surface area is 88.1 Å². The van der Waals surface area contributed by atoms with E-state index < -0.39 is 5.82 Å². The molecule has 0 amide bonds. The molecule has 2 nitrogen and oxygen atoms in total. The predicted molar refractivity (Wildman–Crippen MR) is 54.6 cm³/mol. The van der Waals surface area contributed by atoms with Crippen LogP contribution in [0.3, 0.4) is 0 Å². The van der Waals surface area contributed by atoms with Gasteiger partial charge in [-0.3, -0.25) is 4.79 Å². The Morgan fingerprint density at radius 2 is 2.13 bits per heavy atom. The van der Waals surface area contributed by atoms with Gasteiger partial charge < -0.3 is 4.74 Å². The van der Waals surface area contributed by atoms with E-state index in [-0.39, 0.29) is 11.7 Å². The standard InChI is InChI=1S/C12H13FO2/c1-15-11-6-9(5-10(13)7-11)12(14)8-3-2-4-8/h5-8H,2-4H2,1H3. The lowest BCUT2D eigenvalue weighted by Gasteiger charge is -2.23. The molecule has 15 heavy (non-hydrogen) atoms. The van der Waals surface area contributed by atoms with E-state index in [1.54, 1.807) is 6.07 Å². The van der Waals surface area contributed by atoms with Crippen molar-refractivity contribution in [2.75, 3.05) is 7.11 Å². The van der Waals surface area contributed by atoms with Gasteiger partial charge in [-0.1, -0.05) is 6.42 Å². The first-order valence-corrected chi connectivity index (χ1v) is 5.09. The zero-order valence-electron chi connectivity index (χ0n) is 8.63. The fourth-order valence-corrected chi connectivity index (χ4v) is 1.73. The Kier molecular flexibility index (Phi) is 2.71. The predicted octanol–water partition coefficient (Wildman–Crippen LogP) is 2.82. The van der Waals surface area contributed by atoms with Gasteiger partial charge in [-0.15, -0.1) is 0 Å². The monoisotopic (exact) mass is 208 g/mol. The third kappa shape index (κ3) is 2.01. The van der Waals surface area contributed by atoms with Crippen LogP contribution in [0.5, 0.6) is 5.75 Å². The second kappa shape index (κ2) is 4.01. The van der Waals surface area contributed by atoms with Crippen molar-refractivity contribution in [1.29, 1.82) is 0 Å². The summed E-state index contributed by atoms with van der Waals surface area (Å²) in [5, 5.41) is 0. The number of carbonyl (C=O) groups excluding carboxylic acids is 1. The van der Waals surface area contributed by atoms with Crippen molar-refractivity contribution < 1.29 is 13.9 Å². The molecule has 80 valence electrons. The Hall–Kier alpha value is -1.38. The van der Waals surface area contributed by atoms with E-state index in [1.165, 1.54) is 19.2 Å². The van der Waals surface area contributed by atoms with Gasteiger partial charge in [0.05, 0.1) is 7.11 Å². The Balaban J connectivity index is 2.26. The van der Waals surface area contributed by atoms with Crippen molar-refractivity contribution in [3.8, 4) is 5.75 Å². The van der Waals surface area contributed by atoms with Crippen LogP contribution in [-0.4, -0.2) is 12.9 Å². The van der Waals surface area contributed by atoms with Gasteiger partial charge in [-0.25, -0.2) is 4.39 Å². The maximum absolute atomic E-state index is 13.1. The summed E-state index contributed by atoms with van der Waals surface area (Å²) < 4.78 is 18.1. The SMILES string of the molecule is COc1cc(F)cc(C(=O)C2CCC2)c1. The minimum Gasteiger partial charge on any atom is -0.497 e. The molecule has 0 bridgehead atoms. The van der Waals surface area contributed by atoms with Crippen LogP contribution in [0.25, 0.3) is 0 Å². The zero-order valence-corrected chi connectivity index (χ0v) is 8.63. The quantitative estimate of drug-likeness (QED) is 0.714. The number of ketones is 1. The first kappa shape index (κ1) is 10.1. The van der Waals surface area contributed by atoms with E-state index >= 15 is 0 Å². The van der Waals surface area contributed by atoms with Crippen LogP contribution < -0.4 is 4.74 Å². The molecule has 1 saturated carbocycles. The molecule has 0 radical (unpaired) electrons. The number of halogens is 1. The summed E-state index contributed by atoms with van der Waals surface area (Å²) in [5.74, 6) is 0.116. The topological polar surface area (TPSA) is 26.3 Å². The highest BCUT2D eigenvalue weighted by Crippen LogP contribution is 2.30. The lowest BCUT2D eigenvalue weighted by atomic mass is 9.80. The summed E-state index contributed by atoms with van der Waals surface area (Å²) in [4.78, 5) is 11.8. The molecule has 1 aromatic carbocycles. The highest BCUT2D eigenvalue weighted by Gasteiger charge is 2.26. The van der Waals surface area contributed by atoms with Gasteiger partial charge >= 0.3 is 0 Å². The largest absolute Gasteiger partial charge is 0.497 e. The van der Waals surface area contributed by atoms with E-state index in [1.807, 2.05) is 0 Å². The number of ether oxygens (including phenoxy) is 1. The van der Waals surface area contributed by atoms with Gasteiger partial charge in [0.1, 0.15) is 11.6 Å². The van der Waals surface area contributed by atoms with Crippen molar-refractivity contribution in [3.05, 3.63) is 29.6 Å². The molecule has 0 spiro atoms. The third-order valence-corrected chi connectivity index (χ3v) is 2.87. The third-order valence-electron chi connectivity index (χ3n) is 2.87. The van der Waals surface area contributed by atoms with Gasteiger partial charge in [-0.2, -0.15) is 0 Å². The summed E-state index contributed by atoms with van der Waals surface area (Å²) in [6, 6.07) is 4.16. The maximum Gasteiger partial charge on any atom is 0.166 e. The van der Waals surface area contributed by atoms with Crippen molar-refractivity contribution >= 4 is 5.78 Å². The van der Waals surface area contributed by atoms with E-state index in [0.29, 0.717) is 11.3 Å². The number of hydrogen-bond donors (Lipinski definition) is 0. The normalized spacial score (nSPS) is 15.9. The Morgan fingerprint density at radius 3 is 2.67 bits per heavy atom. The van der Waals surface area contributed by atoms with Crippen LogP contribution in [-0.2, 0) is 0 Å². The van der Waals surface area contributed by atoms with E-state index in [9.17, 15) is 9.18 Å². The van der Waals surface area contributed by atoms with Crippen LogP contribution in [0.15, 0.2) is 18.2 Å². The molecule has 0 aliphatic heterocycles. The molecule has 1 aromatic rings. The van der Waals surface area contributed by atoms with E-state index in [2.05, 4.69) is 0 Å². The molecule has 0 atom stereocenters. The minimum absolute atomic E-state index is 0.0408. The van der Waals surface area contributed by atoms with Gasteiger partial charge in [0.2, 0.25) is 0 Å². The van der Waals surface area contributed by atoms with Crippen molar-refractivity contribution in [2.45, 2.75) is 19.3 Å². The van der Waals surface area contributed by atoms with Crippen molar-refractivity contribution in [1.82, 2.24) is 0 Å². The Bertz CT molecular complexity index is 383. The van der Waals surface area contributed by atoms with Crippen LogP contribution in [0.4, 0.5) is 4.39 Å².